The molecule has 1 aliphatic rings. The van der Waals surface area contributed by atoms with Crippen LogP contribution in [0.25, 0.3) is 0 Å². The Labute approximate surface area is 96.0 Å². The summed E-state index contributed by atoms with van der Waals surface area (Å²) in [6.07, 6.45) is 1.80. The van der Waals surface area contributed by atoms with E-state index in [0.717, 1.165) is 24.0 Å². The maximum absolute atomic E-state index is 11.9. The molecule has 1 amide bonds. The van der Waals surface area contributed by atoms with Crippen molar-refractivity contribution in [3.05, 3.63) is 34.9 Å². The van der Waals surface area contributed by atoms with Gasteiger partial charge in [-0.1, -0.05) is 6.07 Å². The van der Waals surface area contributed by atoms with Gasteiger partial charge < -0.3 is 11.1 Å². The molecule has 1 aliphatic carbocycles. The lowest BCUT2D eigenvalue weighted by Crippen LogP contribution is -2.50. The van der Waals surface area contributed by atoms with Crippen LogP contribution in [0, 0.1) is 13.8 Å². The summed E-state index contributed by atoms with van der Waals surface area (Å²) in [5.41, 5.74) is 8.78. The summed E-state index contributed by atoms with van der Waals surface area (Å²) in [5, 5.41) is 2.99. The molecule has 2 rings (SSSR count). The number of nitrogens with two attached hydrogens (primary N) is 1. The van der Waals surface area contributed by atoms with E-state index < -0.39 is 0 Å². The molecule has 0 spiro atoms. The minimum Gasteiger partial charge on any atom is -0.349 e. The Morgan fingerprint density at radius 2 is 2.00 bits per heavy atom. The Kier molecular flexibility index (Phi) is 2.97. The van der Waals surface area contributed by atoms with Gasteiger partial charge in [-0.2, -0.15) is 0 Å². The highest BCUT2D eigenvalue weighted by atomic mass is 16.1. The third kappa shape index (κ3) is 2.25. The molecule has 3 nitrogen and oxygen atoms in total. The normalized spacial score (nSPS) is 23.7. The van der Waals surface area contributed by atoms with Crippen molar-refractivity contribution in [2.24, 2.45) is 5.73 Å². The third-order valence-corrected chi connectivity index (χ3v) is 3.28. The Morgan fingerprint density at radius 3 is 2.56 bits per heavy atom. The van der Waals surface area contributed by atoms with Gasteiger partial charge in [0, 0.05) is 17.6 Å². The van der Waals surface area contributed by atoms with E-state index in [1.165, 1.54) is 5.56 Å². The number of rotatable bonds is 2. The van der Waals surface area contributed by atoms with Crippen LogP contribution >= 0.6 is 0 Å². The zero-order chi connectivity index (χ0) is 11.7. The zero-order valence-corrected chi connectivity index (χ0v) is 9.79. The molecule has 0 unspecified atom stereocenters. The number of amides is 1. The molecule has 1 aromatic rings. The molecule has 86 valence electrons. The second-order valence-corrected chi connectivity index (χ2v) is 4.70. The highest BCUT2D eigenvalue weighted by Crippen LogP contribution is 2.18. The largest absolute Gasteiger partial charge is 0.349 e. The minimum atomic E-state index is 0.0139. The second-order valence-electron chi connectivity index (χ2n) is 4.70. The average molecular weight is 218 g/mol. The number of aryl methyl sites for hydroxylation is 2. The quantitative estimate of drug-likeness (QED) is 0.790. The van der Waals surface area contributed by atoms with Crippen LogP contribution in [0.4, 0.5) is 0 Å². The Morgan fingerprint density at radius 1 is 1.31 bits per heavy atom. The second kappa shape index (κ2) is 4.26. The van der Waals surface area contributed by atoms with Crippen LogP contribution in [-0.4, -0.2) is 18.0 Å². The van der Waals surface area contributed by atoms with Crippen molar-refractivity contribution in [1.82, 2.24) is 5.32 Å². The molecule has 3 heteroatoms. The molecule has 0 radical (unpaired) electrons. The van der Waals surface area contributed by atoms with Gasteiger partial charge in [0.2, 0.25) is 0 Å². The maximum Gasteiger partial charge on any atom is 0.251 e. The lowest BCUT2D eigenvalue weighted by Gasteiger charge is -2.33. The fourth-order valence-corrected chi connectivity index (χ4v) is 1.93. The molecule has 0 heterocycles. The van der Waals surface area contributed by atoms with Crippen LogP contribution in [0.1, 0.15) is 34.3 Å². The van der Waals surface area contributed by atoms with Crippen LogP contribution in [-0.2, 0) is 0 Å². The van der Waals surface area contributed by atoms with Crippen molar-refractivity contribution in [1.29, 1.82) is 0 Å². The van der Waals surface area contributed by atoms with E-state index in [4.69, 9.17) is 5.73 Å². The molecule has 0 aromatic heterocycles. The molecule has 1 saturated carbocycles. The minimum absolute atomic E-state index is 0.0139. The van der Waals surface area contributed by atoms with Crippen molar-refractivity contribution < 1.29 is 4.79 Å². The van der Waals surface area contributed by atoms with E-state index in [-0.39, 0.29) is 18.0 Å². The molecule has 3 N–H and O–H groups in total. The van der Waals surface area contributed by atoms with Crippen LogP contribution in [0.3, 0.4) is 0 Å². The van der Waals surface area contributed by atoms with Crippen molar-refractivity contribution in [3.8, 4) is 0 Å². The number of hydrogen-bond donors (Lipinski definition) is 2. The number of nitrogens with one attached hydrogen (secondary N) is 1. The van der Waals surface area contributed by atoms with Crippen LogP contribution in [0.2, 0.25) is 0 Å². The Balaban J connectivity index is 2.01. The fraction of sp³-hybridized carbons (Fsp3) is 0.462. The number of carbonyl (C=O) groups excluding carboxylic acids is 1. The predicted molar refractivity (Wildman–Crippen MR) is 64.4 cm³/mol. The van der Waals surface area contributed by atoms with Gasteiger partial charge in [-0.15, -0.1) is 0 Å². The summed E-state index contributed by atoms with van der Waals surface area (Å²) < 4.78 is 0. The zero-order valence-electron chi connectivity index (χ0n) is 9.79. The summed E-state index contributed by atoms with van der Waals surface area (Å²) >= 11 is 0. The van der Waals surface area contributed by atoms with Gasteiger partial charge in [0.05, 0.1) is 0 Å². The molecule has 0 saturated heterocycles. The topological polar surface area (TPSA) is 55.1 Å². The standard InChI is InChI=1S/C13H18N2O/c1-8-3-4-10(5-9(8)2)13(16)15-12-6-11(14)7-12/h3-5,11-12H,6-7,14H2,1-2H3,(H,15,16). The summed E-state index contributed by atoms with van der Waals surface area (Å²) in [5.74, 6) is 0.0139. The number of hydrogen-bond acceptors (Lipinski definition) is 2. The molecule has 1 fully saturated rings. The van der Waals surface area contributed by atoms with Crippen LogP contribution in [0.15, 0.2) is 18.2 Å². The first-order valence-corrected chi connectivity index (χ1v) is 5.70. The first-order chi connectivity index (χ1) is 7.56. The number of carbonyl (C=O) groups is 1. The highest BCUT2D eigenvalue weighted by molar-refractivity contribution is 5.94. The lowest BCUT2D eigenvalue weighted by atomic mass is 9.87. The van der Waals surface area contributed by atoms with Crippen molar-refractivity contribution in [3.63, 3.8) is 0 Å². The SMILES string of the molecule is Cc1ccc(C(=O)NC2CC(N)C2)cc1C. The molecule has 0 bridgehead atoms. The monoisotopic (exact) mass is 218 g/mol. The predicted octanol–water partition coefficient (Wildman–Crippen LogP) is 1.52. The van der Waals surface area contributed by atoms with Gasteiger partial charge in [-0.05, 0) is 49.9 Å². The van der Waals surface area contributed by atoms with E-state index in [1.54, 1.807) is 0 Å². The maximum atomic E-state index is 11.9. The highest BCUT2D eigenvalue weighted by Gasteiger charge is 2.27. The van der Waals surface area contributed by atoms with E-state index in [9.17, 15) is 4.79 Å². The Hall–Kier alpha value is -1.35. The van der Waals surface area contributed by atoms with Gasteiger partial charge in [-0.3, -0.25) is 4.79 Å². The fourth-order valence-electron chi connectivity index (χ4n) is 1.93. The van der Waals surface area contributed by atoms with Crippen LogP contribution in [0.5, 0.6) is 0 Å². The van der Waals surface area contributed by atoms with Crippen molar-refractivity contribution >= 4 is 5.91 Å². The lowest BCUT2D eigenvalue weighted by molar-refractivity contribution is 0.0910. The van der Waals surface area contributed by atoms with E-state index in [0.29, 0.717) is 0 Å². The third-order valence-electron chi connectivity index (χ3n) is 3.28. The summed E-state index contributed by atoms with van der Waals surface area (Å²) in [7, 11) is 0. The first-order valence-electron chi connectivity index (χ1n) is 5.70. The summed E-state index contributed by atoms with van der Waals surface area (Å²) in [6.45, 7) is 4.06. The molecule has 0 aliphatic heterocycles. The van der Waals surface area contributed by atoms with Gasteiger partial charge in [-0.25, -0.2) is 0 Å². The van der Waals surface area contributed by atoms with Gasteiger partial charge >= 0.3 is 0 Å². The molecule has 16 heavy (non-hydrogen) atoms. The van der Waals surface area contributed by atoms with Crippen LogP contribution < -0.4 is 11.1 Å². The van der Waals surface area contributed by atoms with Crippen molar-refractivity contribution in [2.75, 3.05) is 0 Å². The van der Waals surface area contributed by atoms with Crippen molar-refractivity contribution in [2.45, 2.75) is 38.8 Å². The van der Waals surface area contributed by atoms with Gasteiger partial charge in [0.25, 0.3) is 5.91 Å². The smallest absolute Gasteiger partial charge is 0.251 e. The summed E-state index contributed by atoms with van der Waals surface area (Å²) in [4.78, 5) is 11.9. The first kappa shape index (κ1) is 11.1. The molecular formula is C13H18N2O. The number of benzene rings is 1. The molecular weight excluding hydrogens is 200 g/mol. The van der Waals surface area contributed by atoms with Gasteiger partial charge in [0.1, 0.15) is 0 Å². The Bertz CT molecular complexity index is 408. The summed E-state index contributed by atoms with van der Waals surface area (Å²) in [6, 6.07) is 6.32. The molecule has 1 aromatic carbocycles. The van der Waals surface area contributed by atoms with E-state index in [2.05, 4.69) is 5.32 Å². The average Bonchev–Trinajstić information content (AvgIpc) is 2.19. The molecule has 0 atom stereocenters. The van der Waals surface area contributed by atoms with E-state index in [1.807, 2.05) is 32.0 Å². The van der Waals surface area contributed by atoms with Gasteiger partial charge in [0.15, 0.2) is 0 Å². The van der Waals surface area contributed by atoms with E-state index >= 15 is 0 Å².